The minimum absolute atomic E-state index is 0.00519. The number of ketones is 1. The average molecular weight is 486 g/mol. The Labute approximate surface area is 207 Å². The van der Waals surface area contributed by atoms with Crippen molar-refractivity contribution in [2.45, 2.75) is 103 Å². The molecule has 0 aromatic rings. The van der Waals surface area contributed by atoms with E-state index in [0.29, 0.717) is 43.6 Å². The van der Waals surface area contributed by atoms with Crippen LogP contribution in [-0.2, 0) is 23.9 Å². The fraction of sp³-hybridized carbons (Fsp3) is 0.786. The van der Waals surface area contributed by atoms with Crippen LogP contribution < -0.4 is 0 Å². The van der Waals surface area contributed by atoms with Gasteiger partial charge in [0.25, 0.3) is 0 Å². The molecule has 1 amide bonds. The number of carbonyl (C=O) groups excluding carboxylic acids is 3. The van der Waals surface area contributed by atoms with Gasteiger partial charge in [0.1, 0.15) is 12.1 Å². The molecular formula is C28H39NO6. The van der Waals surface area contributed by atoms with Gasteiger partial charge in [-0.05, 0) is 87.0 Å². The second-order valence-corrected chi connectivity index (χ2v) is 12.2. The molecule has 0 aromatic heterocycles. The van der Waals surface area contributed by atoms with Gasteiger partial charge in [0, 0.05) is 24.8 Å². The van der Waals surface area contributed by atoms with Gasteiger partial charge in [0.15, 0.2) is 5.78 Å². The molecule has 7 heteroatoms. The third-order valence-electron chi connectivity index (χ3n) is 10.5. The molecule has 35 heavy (non-hydrogen) atoms. The zero-order valence-electron chi connectivity index (χ0n) is 21.1. The molecule has 192 valence electrons. The van der Waals surface area contributed by atoms with E-state index >= 15 is 0 Å². The molecule has 0 bridgehead atoms. The zero-order valence-corrected chi connectivity index (χ0v) is 21.1. The average Bonchev–Trinajstić information content (AvgIpc) is 3.43. The van der Waals surface area contributed by atoms with Crippen molar-refractivity contribution in [3.8, 4) is 0 Å². The normalized spacial score (nSPS) is 40.4. The standard InChI is InChI=1S/C28H39NO6/c1-27-13-11-18(30)16-17(27)5-6-19-20-7-8-23(28(20,2)14-12-21(19)27)35-25(32)10-9-24(31)29-15-3-4-22(29)26(33)34/h16,19-23H,3-15H2,1-2H3,(H,33,34)/t19-,20-,21-,22+,23-,27+,28+/m1/s1. The van der Waals surface area contributed by atoms with Gasteiger partial charge in [-0.15, -0.1) is 0 Å². The molecule has 0 radical (unpaired) electrons. The molecule has 0 unspecified atom stereocenters. The highest BCUT2D eigenvalue weighted by Gasteiger charge is 2.60. The number of likely N-dealkylation sites (tertiary alicyclic amines) is 1. The molecule has 1 aliphatic heterocycles. The number of hydrogen-bond acceptors (Lipinski definition) is 5. The smallest absolute Gasteiger partial charge is 0.326 e. The molecule has 1 N–H and O–H groups in total. The second kappa shape index (κ2) is 9.04. The number of ether oxygens (including phenoxy) is 1. The topological polar surface area (TPSA) is 101 Å². The maximum atomic E-state index is 12.8. The maximum Gasteiger partial charge on any atom is 0.326 e. The molecule has 0 spiro atoms. The van der Waals surface area contributed by atoms with Crippen molar-refractivity contribution >= 4 is 23.6 Å². The van der Waals surface area contributed by atoms with Crippen molar-refractivity contribution in [2.75, 3.05) is 6.54 Å². The highest BCUT2D eigenvalue weighted by molar-refractivity contribution is 5.91. The molecule has 4 aliphatic carbocycles. The van der Waals surface area contributed by atoms with Crippen LogP contribution in [0.15, 0.2) is 11.6 Å². The van der Waals surface area contributed by atoms with Gasteiger partial charge >= 0.3 is 11.9 Å². The van der Waals surface area contributed by atoms with Gasteiger partial charge < -0.3 is 14.7 Å². The summed E-state index contributed by atoms with van der Waals surface area (Å²) in [6, 6.07) is -0.766. The number of rotatable bonds is 5. The van der Waals surface area contributed by atoms with E-state index in [0.717, 1.165) is 44.9 Å². The molecule has 1 heterocycles. The first-order valence-corrected chi connectivity index (χ1v) is 13.6. The van der Waals surface area contributed by atoms with Crippen LogP contribution in [0.1, 0.15) is 90.9 Å². The monoisotopic (exact) mass is 485 g/mol. The SMILES string of the molecule is C[C@]12CC[C@@H]3[C@H](CCC4=CC(=O)CC[C@@]43C)[C@H]1CC[C@H]2OC(=O)CCC(=O)N1CCC[C@H]1C(=O)O. The summed E-state index contributed by atoms with van der Waals surface area (Å²) in [5.74, 6) is 0.431. The lowest BCUT2D eigenvalue weighted by Gasteiger charge is -2.57. The van der Waals surface area contributed by atoms with Crippen molar-refractivity contribution in [3.05, 3.63) is 11.6 Å². The Hall–Kier alpha value is -2.18. The zero-order chi connectivity index (χ0) is 25.0. The Bertz CT molecular complexity index is 957. The molecule has 7 atom stereocenters. The van der Waals surface area contributed by atoms with E-state index in [1.54, 1.807) is 0 Å². The van der Waals surface area contributed by atoms with Gasteiger partial charge in [0.2, 0.25) is 5.91 Å². The van der Waals surface area contributed by atoms with Crippen LogP contribution in [-0.4, -0.2) is 52.3 Å². The van der Waals surface area contributed by atoms with Gasteiger partial charge in [-0.25, -0.2) is 4.79 Å². The number of nitrogens with zero attached hydrogens (tertiary/aromatic N) is 1. The van der Waals surface area contributed by atoms with Gasteiger partial charge in [-0.2, -0.15) is 0 Å². The Kier molecular flexibility index (Phi) is 6.33. The molecule has 7 nitrogen and oxygen atoms in total. The number of hydrogen-bond donors (Lipinski definition) is 1. The van der Waals surface area contributed by atoms with E-state index in [4.69, 9.17) is 4.74 Å². The first-order valence-electron chi connectivity index (χ1n) is 13.6. The molecule has 5 aliphatic rings. The van der Waals surface area contributed by atoms with Crippen LogP contribution in [0.2, 0.25) is 0 Å². The van der Waals surface area contributed by atoms with E-state index in [1.807, 2.05) is 6.08 Å². The number of esters is 1. The predicted molar refractivity (Wildman–Crippen MR) is 128 cm³/mol. The number of carboxylic acid groups (broad SMARTS) is 1. The third kappa shape index (κ3) is 4.13. The molecule has 4 fully saturated rings. The Balaban J connectivity index is 1.20. The number of amides is 1. The van der Waals surface area contributed by atoms with E-state index in [2.05, 4.69) is 13.8 Å². The van der Waals surface area contributed by atoms with Gasteiger partial charge in [-0.3, -0.25) is 14.4 Å². The van der Waals surface area contributed by atoms with E-state index < -0.39 is 12.0 Å². The van der Waals surface area contributed by atoms with Crippen molar-refractivity contribution in [2.24, 2.45) is 28.6 Å². The minimum Gasteiger partial charge on any atom is -0.480 e. The summed E-state index contributed by atoms with van der Waals surface area (Å²) in [7, 11) is 0. The summed E-state index contributed by atoms with van der Waals surface area (Å²) in [6.07, 6.45) is 10.8. The van der Waals surface area contributed by atoms with Crippen LogP contribution in [0.3, 0.4) is 0 Å². The van der Waals surface area contributed by atoms with Crippen molar-refractivity contribution in [1.82, 2.24) is 4.90 Å². The summed E-state index contributed by atoms with van der Waals surface area (Å²) < 4.78 is 6.01. The Morgan fingerprint density at radius 3 is 2.60 bits per heavy atom. The summed E-state index contributed by atoms with van der Waals surface area (Å²) in [5.41, 5.74) is 1.47. The van der Waals surface area contributed by atoms with E-state index in [-0.39, 0.29) is 47.4 Å². The van der Waals surface area contributed by atoms with E-state index in [9.17, 15) is 24.3 Å². The predicted octanol–water partition coefficient (Wildman–Crippen LogP) is 4.29. The van der Waals surface area contributed by atoms with Crippen LogP contribution in [0, 0.1) is 28.6 Å². The first kappa shape index (κ1) is 24.5. The quantitative estimate of drug-likeness (QED) is 0.583. The van der Waals surface area contributed by atoms with E-state index in [1.165, 1.54) is 10.5 Å². The lowest BCUT2D eigenvalue weighted by molar-refractivity contribution is -0.161. The Morgan fingerprint density at radius 2 is 1.83 bits per heavy atom. The largest absolute Gasteiger partial charge is 0.480 e. The lowest BCUT2D eigenvalue weighted by atomic mass is 9.47. The molecule has 3 saturated carbocycles. The first-order chi connectivity index (χ1) is 16.6. The van der Waals surface area contributed by atoms with Crippen LogP contribution in [0.25, 0.3) is 0 Å². The van der Waals surface area contributed by atoms with Crippen molar-refractivity contribution in [1.29, 1.82) is 0 Å². The highest BCUT2D eigenvalue weighted by atomic mass is 16.5. The minimum atomic E-state index is -0.974. The fourth-order valence-electron chi connectivity index (χ4n) is 8.60. The number of carbonyl (C=O) groups is 4. The Morgan fingerprint density at radius 1 is 1.03 bits per heavy atom. The number of carboxylic acids is 1. The fourth-order valence-corrected chi connectivity index (χ4v) is 8.60. The number of fused-ring (bicyclic) bond motifs is 5. The molecule has 0 aromatic carbocycles. The van der Waals surface area contributed by atoms with Crippen LogP contribution >= 0.6 is 0 Å². The molecule has 5 rings (SSSR count). The number of allylic oxidation sites excluding steroid dienone is 1. The second-order valence-electron chi connectivity index (χ2n) is 12.2. The van der Waals surface area contributed by atoms with Crippen molar-refractivity contribution in [3.63, 3.8) is 0 Å². The highest BCUT2D eigenvalue weighted by Crippen LogP contribution is 2.65. The molecule has 1 saturated heterocycles. The van der Waals surface area contributed by atoms with Gasteiger partial charge in [0.05, 0.1) is 6.42 Å². The maximum absolute atomic E-state index is 12.8. The summed E-state index contributed by atoms with van der Waals surface area (Å²) >= 11 is 0. The third-order valence-corrected chi connectivity index (χ3v) is 10.5. The van der Waals surface area contributed by atoms with Gasteiger partial charge in [-0.1, -0.05) is 19.4 Å². The summed E-state index contributed by atoms with van der Waals surface area (Å²) in [6.45, 7) is 5.12. The lowest BCUT2D eigenvalue weighted by Crippen LogP contribution is -2.51. The summed E-state index contributed by atoms with van der Waals surface area (Å²) in [5, 5.41) is 9.31. The number of aliphatic carboxylic acids is 1. The van der Waals surface area contributed by atoms with Crippen molar-refractivity contribution < 1.29 is 29.0 Å². The van der Waals surface area contributed by atoms with Crippen LogP contribution in [0.5, 0.6) is 0 Å². The van der Waals surface area contributed by atoms with Crippen LogP contribution in [0.4, 0.5) is 0 Å². The molecular weight excluding hydrogens is 446 g/mol. The summed E-state index contributed by atoms with van der Waals surface area (Å²) in [4.78, 5) is 50.1.